The summed E-state index contributed by atoms with van der Waals surface area (Å²) in [4.78, 5) is 1.22. The Balaban J connectivity index is 1.42. The molecule has 25 heavy (non-hydrogen) atoms. The second-order valence-electron chi connectivity index (χ2n) is 5.82. The first-order chi connectivity index (χ1) is 12.4. The molecule has 0 spiro atoms. The van der Waals surface area contributed by atoms with Crippen LogP contribution in [0.25, 0.3) is 10.6 Å². The Morgan fingerprint density at radius 3 is 2.68 bits per heavy atom. The Labute approximate surface area is 150 Å². The van der Waals surface area contributed by atoms with E-state index < -0.39 is 0 Å². The highest BCUT2D eigenvalue weighted by atomic mass is 32.1. The third kappa shape index (κ3) is 3.70. The molecule has 0 saturated heterocycles. The Hall–Kier alpha value is -2.70. The molecule has 3 heterocycles. The lowest BCUT2D eigenvalue weighted by atomic mass is 10.1. The summed E-state index contributed by atoms with van der Waals surface area (Å²) < 4.78 is 1.95. The zero-order valence-corrected chi connectivity index (χ0v) is 14.5. The number of hydrogen-bond acceptors (Lipinski definition) is 4. The van der Waals surface area contributed by atoms with Gasteiger partial charge in [0.05, 0.1) is 23.3 Å². The molecule has 0 bridgehead atoms. The van der Waals surface area contributed by atoms with Crippen molar-refractivity contribution < 1.29 is 0 Å². The molecule has 5 nitrogen and oxygen atoms in total. The van der Waals surface area contributed by atoms with Crippen molar-refractivity contribution in [3.05, 3.63) is 83.1 Å². The maximum atomic E-state index is 4.30. The van der Waals surface area contributed by atoms with Gasteiger partial charge in [-0.1, -0.05) is 30.3 Å². The van der Waals surface area contributed by atoms with E-state index >= 15 is 0 Å². The molecule has 0 aliphatic carbocycles. The second-order valence-corrected chi connectivity index (χ2v) is 6.77. The van der Waals surface area contributed by atoms with Crippen LogP contribution in [0.15, 0.2) is 66.4 Å². The molecule has 0 atom stereocenters. The van der Waals surface area contributed by atoms with Crippen LogP contribution in [0.4, 0.5) is 0 Å². The Bertz CT molecular complexity index is 909. The minimum Gasteiger partial charge on any atom is -0.308 e. The molecule has 3 aromatic heterocycles. The molecule has 4 aromatic rings. The van der Waals surface area contributed by atoms with E-state index in [1.807, 2.05) is 29.3 Å². The molecule has 6 heteroatoms. The Morgan fingerprint density at radius 1 is 1.00 bits per heavy atom. The summed E-state index contributed by atoms with van der Waals surface area (Å²) in [6, 6.07) is 14.6. The highest BCUT2D eigenvalue weighted by molar-refractivity contribution is 7.13. The predicted octanol–water partition coefficient (Wildman–Crippen LogP) is 3.67. The van der Waals surface area contributed by atoms with Crippen molar-refractivity contribution in [1.82, 2.24) is 25.3 Å². The van der Waals surface area contributed by atoms with Gasteiger partial charge in [-0.15, -0.1) is 11.3 Å². The number of benzene rings is 1. The Kier molecular flexibility index (Phi) is 4.72. The molecule has 0 fully saturated rings. The first-order valence-corrected chi connectivity index (χ1v) is 9.09. The summed E-state index contributed by atoms with van der Waals surface area (Å²) in [5, 5.41) is 17.2. The minimum absolute atomic E-state index is 0.778. The van der Waals surface area contributed by atoms with E-state index in [0.29, 0.717) is 0 Å². The summed E-state index contributed by atoms with van der Waals surface area (Å²) in [7, 11) is 0. The van der Waals surface area contributed by atoms with Crippen molar-refractivity contribution in [1.29, 1.82) is 0 Å². The van der Waals surface area contributed by atoms with E-state index in [-0.39, 0.29) is 0 Å². The number of hydrogen-bond donors (Lipinski definition) is 2. The van der Waals surface area contributed by atoms with E-state index in [1.54, 1.807) is 11.3 Å². The number of nitrogens with zero attached hydrogens (tertiary/aromatic N) is 3. The summed E-state index contributed by atoms with van der Waals surface area (Å²) in [5.74, 6) is 0. The number of H-pyrrole nitrogens is 1. The molecule has 0 radical (unpaired) electrons. The fourth-order valence-corrected chi connectivity index (χ4v) is 3.62. The van der Waals surface area contributed by atoms with E-state index in [0.717, 1.165) is 25.3 Å². The lowest BCUT2D eigenvalue weighted by Crippen LogP contribution is -2.15. The first kappa shape index (κ1) is 15.8. The first-order valence-electron chi connectivity index (χ1n) is 8.21. The Morgan fingerprint density at radius 2 is 1.88 bits per heavy atom. The van der Waals surface area contributed by atoms with E-state index in [1.165, 1.54) is 21.6 Å². The van der Waals surface area contributed by atoms with Crippen LogP contribution in [0.3, 0.4) is 0 Å². The fraction of sp³-hybridized carbons (Fsp3) is 0.158. The zero-order valence-electron chi connectivity index (χ0n) is 13.7. The van der Waals surface area contributed by atoms with Gasteiger partial charge in [0.2, 0.25) is 0 Å². The van der Waals surface area contributed by atoms with E-state index in [9.17, 15) is 0 Å². The highest BCUT2D eigenvalue weighted by Crippen LogP contribution is 2.25. The number of aromatic amines is 1. The second kappa shape index (κ2) is 7.46. The van der Waals surface area contributed by atoms with Gasteiger partial charge in [-0.3, -0.25) is 9.78 Å². The number of aromatic nitrogens is 4. The van der Waals surface area contributed by atoms with Crippen LogP contribution in [-0.2, 0) is 19.6 Å². The topological polar surface area (TPSA) is 58.5 Å². The van der Waals surface area contributed by atoms with Crippen LogP contribution in [0, 0.1) is 0 Å². The van der Waals surface area contributed by atoms with Gasteiger partial charge < -0.3 is 5.32 Å². The maximum Gasteiger partial charge on any atom is 0.0794 e. The van der Waals surface area contributed by atoms with E-state index in [2.05, 4.69) is 62.4 Å². The quantitative estimate of drug-likeness (QED) is 0.535. The lowest BCUT2D eigenvalue weighted by Gasteiger charge is -2.11. The minimum atomic E-state index is 0.778. The highest BCUT2D eigenvalue weighted by Gasteiger charge is 2.09. The molecular formula is C19H19N5S. The molecule has 0 unspecified atom stereocenters. The normalized spacial score (nSPS) is 11.0. The third-order valence-electron chi connectivity index (χ3n) is 4.13. The van der Waals surface area contributed by atoms with Crippen molar-refractivity contribution >= 4 is 11.3 Å². The van der Waals surface area contributed by atoms with E-state index in [4.69, 9.17) is 0 Å². The monoisotopic (exact) mass is 349 g/mol. The molecule has 0 aliphatic rings. The van der Waals surface area contributed by atoms with Crippen LogP contribution in [0.1, 0.15) is 16.7 Å². The molecule has 0 aliphatic heterocycles. The summed E-state index contributed by atoms with van der Waals surface area (Å²) in [5.41, 5.74) is 4.86. The summed E-state index contributed by atoms with van der Waals surface area (Å²) >= 11 is 1.72. The molecule has 2 N–H and O–H groups in total. The average molecular weight is 349 g/mol. The van der Waals surface area contributed by atoms with Crippen LogP contribution in [0.2, 0.25) is 0 Å². The predicted molar refractivity (Wildman–Crippen MR) is 100 cm³/mol. The van der Waals surface area contributed by atoms with Gasteiger partial charge in [0, 0.05) is 31.0 Å². The van der Waals surface area contributed by atoms with Crippen molar-refractivity contribution in [2.75, 3.05) is 0 Å². The third-order valence-corrected chi connectivity index (χ3v) is 5.01. The molecular weight excluding hydrogens is 330 g/mol. The van der Waals surface area contributed by atoms with Crippen LogP contribution in [0.5, 0.6) is 0 Å². The standard InChI is InChI=1S/C19H19N5S/c1-2-6-16(14-24-9-4-8-22-24)15(5-1)11-20-12-17-13-21-23-19(17)18-7-3-10-25-18/h1-10,13,20H,11-12,14H2,(H,21,23). The fourth-order valence-electron chi connectivity index (χ4n) is 2.86. The molecule has 0 amide bonds. The largest absolute Gasteiger partial charge is 0.308 e. The molecule has 0 saturated carbocycles. The van der Waals surface area contributed by atoms with Gasteiger partial charge in [-0.2, -0.15) is 10.2 Å². The van der Waals surface area contributed by atoms with Gasteiger partial charge >= 0.3 is 0 Å². The van der Waals surface area contributed by atoms with Gasteiger partial charge in [-0.05, 0) is 28.6 Å². The SMILES string of the molecule is c1csc(-c2[nH]ncc2CNCc2ccccc2Cn2cccn2)c1. The molecule has 126 valence electrons. The lowest BCUT2D eigenvalue weighted by molar-refractivity contribution is 0.656. The maximum absolute atomic E-state index is 4.30. The van der Waals surface area contributed by atoms with Gasteiger partial charge in [0.25, 0.3) is 0 Å². The van der Waals surface area contributed by atoms with Crippen molar-refractivity contribution in [2.45, 2.75) is 19.6 Å². The van der Waals surface area contributed by atoms with Gasteiger partial charge in [-0.25, -0.2) is 0 Å². The number of thiophene rings is 1. The number of rotatable bonds is 7. The van der Waals surface area contributed by atoms with Crippen LogP contribution >= 0.6 is 11.3 Å². The molecule has 4 rings (SSSR count). The summed E-state index contributed by atoms with van der Waals surface area (Å²) in [6.45, 7) is 2.38. The van der Waals surface area contributed by atoms with Gasteiger partial charge in [0.15, 0.2) is 0 Å². The van der Waals surface area contributed by atoms with Crippen LogP contribution < -0.4 is 5.32 Å². The van der Waals surface area contributed by atoms with Gasteiger partial charge in [0.1, 0.15) is 0 Å². The smallest absolute Gasteiger partial charge is 0.0794 e. The average Bonchev–Trinajstić information content (AvgIpc) is 3.39. The zero-order chi connectivity index (χ0) is 16.9. The van der Waals surface area contributed by atoms with Crippen molar-refractivity contribution in [3.8, 4) is 10.6 Å². The van der Waals surface area contributed by atoms with Crippen molar-refractivity contribution in [3.63, 3.8) is 0 Å². The van der Waals surface area contributed by atoms with Crippen molar-refractivity contribution in [2.24, 2.45) is 0 Å². The summed E-state index contributed by atoms with van der Waals surface area (Å²) in [6.07, 6.45) is 5.70. The molecule has 1 aromatic carbocycles. The number of nitrogens with one attached hydrogen (secondary N) is 2. The van der Waals surface area contributed by atoms with Crippen LogP contribution in [-0.4, -0.2) is 20.0 Å².